The van der Waals surface area contributed by atoms with E-state index in [9.17, 15) is 0 Å². The second-order valence-corrected chi connectivity index (χ2v) is 5.43. The summed E-state index contributed by atoms with van der Waals surface area (Å²) in [5, 5.41) is 0. The molecule has 2 N–H and O–H groups in total. The summed E-state index contributed by atoms with van der Waals surface area (Å²) in [5.41, 5.74) is 8.48. The zero-order chi connectivity index (χ0) is 14.7. The molecule has 5 nitrogen and oxygen atoms in total. The van der Waals surface area contributed by atoms with Crippen molar-refractivity contribution in [3.63, 3.8) is 0 Å². The van der Waals surface area contributed by atoms with Gasteiger partial charge in [-0.25, -0.2) is 4.98 Å². The first kappa shape index (κ1) is 14.3. The molecule has 0 bridgehead atoms. The molecular weight excluding hydrogens is 264 g/mol. The van der Waals surface area contributed by atoms with Crippen LogP contribution in [0.4, 0.5) is 0 Å². The number of rotatable bonds is 5. The highest BCUT2D eigenvalue weighted by Gasteiger charge is 2.24. The number of fused-ring (bicyclic) bond motifs is 1. The molecule has 3 rings (SSSR count). The lowest BCUT2D eigenvalue weighted by molar-refractivity contribution is 0.156. The molecule has 2 aromatic rings. The van der Waals surface area contributed by atoms with Crippen molar-refractivity contribution in [2.24, 2.45) is 5.73 Å². The summed E-state index contributed by atoms with van der Waals surface area (Å²) in [6, 6.07) is 8.80. The lowest BCUT2D eigenvalue weighted by Gasteiger charge is -2.34. The van der Waals surface area contributed by atoms with E-state index in [0.29, 0.717) is 13.2 Å². The molecule has 1 aromatic carbocycles. The lowest BCUT2D eigenvalue weighted by atomic mass is 10.0. The van der Waals surface area contributed by atoms with Crippen LogP contribution >= 0.6 is 0 Å². The zero-order valence-electron chi connectivity index (χ0n) is 12.4. The number of aromatic nitrogens is 2. The molecule has 0 saturated carbocycles. The Labute approximate surface area is 125 Å². The molecule has 1 aliphatic rings. The molecule has 1 aromatic heterocycles. The van der Waals surface area contributed by atoms with Gasteiger partial charge in [0.1, 0.15) is 5.82 Å². The number of benzene rings is 1. The first-order valence-electron chi connectivity index (χ1n) is 7.33. The van der Waals surface area contributed by atoms with Gasteiger partial charge in [0, 0.05) is 45.2 Å². The van der Waals surface area contributed by atoms with Crippen LogP contribution in [-0.2, 0) is 24.4 Å². The van der Waals surface area contributed by atoms with Crippen LogP contribution in [0.25, 0.3) is 0 Å². The average molecular weight is 286 g/mol. The van der Waals surface area contributed by atoms with Crippen LogP contribution in [-0.4, -0.2) is 34.7 Å². The topological polar surface area (TPSA) is 56.3 Å². The molecule has 0 amide bonds. The van der Waals surface area contributed by atoms with Gasteiger partial charge >= 0.3 is 0 Å². The fourth-order valence-electron chi connectivity index (χ4n) is 2.96. The number of nitrogens with two attached hydrogens (primary N) is 1. The van der Waals surface area contributed by atoms with Gasteiger partial charge < -0.3 is 15.0 Å². The van der Waals surface area contributed by atoms with Crippen LogP contribution in [0.15, 0.2) is 36.7 Å². The van der Waals surface area contributed by atoms with E-state index in [1.165, 1.54) is 11.1 Å². The maximum atomic E-state index is 6.03. The van der Waals surface area contributed by atoms with Crippen molar-refractivity contribution in [1.82, 2.24) is 14.5 Å². The lowest BCUT2D eigenvalue weighted by Crippen LogP contribution is -2.39. The Kier molecular flexibility index (Phi) is 4.34. The minimum absolute atomic E-state index is 0.243. The fraction of sp³-hybridized carbons (Fsp3) is 0.438. The Morgan fingerprint density at radius 1 is 1.29 bits per heavy atom. The van der Waals surface area contributed by atoms with Crippen molar-refractivity contribution in [3.8, 4) is 0 Å². The second-order valence-electron chi connectivity index (χ2n) is 5.43. The van der Waals surface area contributed by atoms with Gasteiger partial charge in [-0.3, -0.25) is 4.90 Å². The van der Waals surface area contributed by atoms with Crippen LogP contribution in [0, 0.1) is 0 Å². The number of methoxy groups -OCH3 is 1. The first-order chi connectivity index (χ1) is 10.3. The van der Waals surface area contributed by atoms with E-state index in [1.807, 2.05) is 12.4 Å². The molecular formula is C16H22N4O. The number of nitrogens with zero attached hydrogens (tertiary/aromatic N) is 3. The highest BCUT2D eigenvalue weighted by atomic mass is 16.5. The molecule has 5 heteroatoms. The monoisotopic (exact) mass is 286 g/mol. The van der Waals surface area contributed by atoms with E-state index >= 15 is 0 Å². The summed E-state index contributed by atoms with van der Waals surface area (Å²) in [7, 11) is 1.71. The highest BCUT2D eigenvalue weighted by molar-refractivity contribution is 5.25. The van der Waals surface area contributed by atoms with Crippen LogP contribution < -0.4 is 5.73 Å². The smallest absolute Gasteiger partial charge is 0.122 e. The van der Waals surface area contributed by atoms with E-state index in [2.05, 4.69) is 38.7 Å². The quantitative estimate of drug-likeness (QED) is 0.906. The van der Waals surface area contributed by atoms with E-state index in [-0.39, 0.29) is 6.04 Å². The summed E-state index contributed by atoms with van der Waals surface area (Å²) in [6.45, 7) is 4.10. The number of imidazole rings is 1. The van der Waals surface area contributed by atoms with E-state index in [1.54, 1.807) is 7.11 Å². The summed E-state index contributed by atoms with van der Waals surface area (Å²) < 4.78 is 7.37. The third-order valence-corrected chi connectivity index (χ3v) is 4.11. The van der Waals surface area contributed by atoms with Crippen LogP contribution in [0.2, 0.25) is 0 Å². The summed E-state index contributed by atoms with van der Waals surface area (Å²) in [5.74, 6) is 1.12. The standard InChI is InChI=1S/C16H22N4O/c1-21-12-13-2-4-14(5-3-13)15(10-17)20-9-8-19-7-6-18-16(19)11-20/h2-7,15H,8-12,17H2,1H3. The number of hydrogen-bond acceptors (Lipinski definition) is 4. The number of hydrogen-bond donors (Lipinski definition) is 1. The van der Waals surface area contributed by atoms with Crippen molar-refractivity contribution in [2.75, 3.05) is 20.2 Å². The Morgan fingerprint density at radius 2 is 2.10 bits per heavy atom. The van der Waals surface area contributed by atoms with Crippen molar-refractivity contribution in [1.29, 1.82) is 0 Å². The molecule has 0 aliphatic carbocycles. The van der Waals surface area contributed by atoms with Gasteiger partial charge in [-0.05, 0) is 11.1 Å². The Bertz CT molecular complexity index is 578. The van der Waals surface area contributed by atoms with Gasteiger partial charge in [0.05, 0.1) is 13.2 Å². The minimum Gasteiger partial charge on any atom is -0.380 e. The van der Waals surface area contributed by atoms with Gasteiger partial charge in [-0.15, -0.1) is 0 Å². The third kappa shape index (κ3) is 3.00. The third-order valence-electron chi connectivity index (χ3n) is 4.11. The molecule has 2 heterocycles. The van der Waals surface area contributed by atoms with Crippen LogP contribution in [0.3, 0.4) is 0 Å². The van der Waals surface area contributed by atoms with Crippen molar-refractivity contribution < 1.29 is 4.74 Å². The van der Waals surface area contributed by atoms with E-state index in [0.717, 1.165) is 25.5 Å². The van der Waals surface area contributed by atoms with E-state index in [4.69, 9.17) is 10.5 Å². The predicted octanol–water partition coefficient (Wildman–Crippen LogP) is 1.55. The zero-order valence-corrected chi connectivity index (χ0v) is 12.4. The summed E-state index contributed by atoms with van der Waals surface area (Å²) >= 11 is 0. The molecule has 0 spiro atoms. The normalized spacial score (nSPS) is 16.7. The molecule has 112 valence electrons. The Hall–Kier alpha value is -1.69. The number of ether oxygens (including phenoxy) is 1. The maximum Gasteiger partial charge on any atom is 0.122 e. The molecule has 21 heavy (non-hydrogen) atoms. The van der Waals surface area contributed by atoms with Gasteiger partial charge in [0.15, 0.2) is 0 Å². The van der Waals surface area contributed by atoms with Crippen molar-refractivity contribution >= 4 is 0 Å². The molecule has 1 unspecified atom stereocenters. The fourth-order valence-corrected chi connectivity index (χ4v) is 2.96. The second kappa shape index (κ2) is 6.39. The summed E-state index contributed by atoms with van der Waals surface area (Å²) in [6.07, 6.45) is 3.92. The van der Waals surface area contributed by atoms with Crippen LogP contribution in [0.5, 0.6) is 0 Å². The predicted molar refractivity (Wildman–Crippen MR) is 81.6 cm³/mol. The molecule has 1 atom stereocenters. The molecule has 0 saturated heterocycles. The summed E-state index contributed by atoms with van der Waals surface area (Å²) in [4.78, 5) is 6.83. The molecule has 1 aliphatic heterocycles. The largest absolute Gasteiger partial charge is 0.380 e. The van der Waals surface area contributed by atoms with E-state index < -0.39 is 0 Å². The van der Waals surface area contributed by atoms with Crippen molar-refractivity contribution in [2.45, 2.75) is 25.7 Å². The first-order valence-corrected chi connectivity index (χ1v) is 7.33. The van der Waals surface area contributed by atoms with Crippen molar-refractivity contribution in [3.05, 3.63) is 53.6 Å². The van der Waals surface area contributed by atoms with Gasteiger partial charge in [-0.1, -0.05) is 24.3 Å². The minimum atomic E-state index is 0.243. The SMILES string of the molecule is COCc1ccc(C(CN)N2CCn3ccnc3C2)cc1. The highest BCUT2D eigenvalue weighted by Crippen LogP contribution is 2.24. The average Bonchev–Trinajstić information content (AvgIpc) is 2.98. The van der Waals surface area contributed by atoms with Gasteiger partial charge in [0.2, 0.25) is 0 Å². The van der Waals surface area contributed by atoms with Gasteiger partial charge in [0.25, 0.3) is 0 Å². The Balaban J connectivity index is 1.76. The molecule has 0 fully saturated rings. The van der Waals surface area contributed by atoms with Gasteiger partial charge in [-0.2, -0.15) is 0 Å². The van der Waals surface area contributed by atoms with Crippen LogP contribution in [0.1, 0.15) is 23.0 Å². The Morgan fingerprint density at radius 3 is 2.81 bits per heavy atom. The molecule has 0 radical (unpaired) electrons. The maximum absolute atomic E-state index is 6.03.